The predicted octanol–water partition coefficient (Wildman–Crippen LogP) is 12.6. The van der Waals surface area contributed by atoms with Crippen molar-refractivity contribution in [1.29, 1.82) is 0 Å². The van der Waals surface area contributed by atoms with Crippen molar-refractivity contribution >= 4 is 32.8 Å². The molecule has 0 amide bonds. The summed E-state index contributed by atoms with van der Waals surface area (Å²) in [6, 6.07) is 31.1. The summed E-state index contributed by atoms with van der Waals surface area (Å²) >= 11 is 0. The number of aromatic hydroxyl groups is 1. The molecule has 3 heterocycles. The van der Waals surface area contributed by atoms with Gasteiger partial charge >= 0.3 is 0 Å². The molecule has 2 aliphatic carbocycles. The monoisotopic (exact) mass is 879 g/mol. The zero-order valence-corrected chi connectivity index (χ0v) is 33.3. The van der Waals surface area contributed by atoms with Gasteiger partial charge in [-0.1, -0.05) is 93.4 Å². The fraction of sp³-hybridized carbons (Fsp3) is 0.340. The first-order valence-electron chi connectivity index (χ1n) is 19.1. The van der Waals surface area contributed by atoms with Gasteiger partial charge in [0.05, 0.1) is 11.1 Å². The summed E-state index contributed by atoms with van der Waals surface area (Å²) < 4.78 is 6.29. The zero-order valence-electron chi connectivity index (χ0n) is 31.0. The molecule has 7 aromatic rings. The largest absolute Gasteiger partial charge is 0.507 e. The molecule has 2 aliphatic rings. The average Bonchev–Trinajstić information content (AvgIpc) is 3.60. The third-order valence-corrected chi connectivity index (χ3v) is 12.2. The van der Waals surface area contributed by atoms with Crippen molar-refractivity contribution in [2.24, 2.45) is 5.41 Å². The Morgan fingerprint density at radius 3 is 2.32 bits per heavy atom. The number of phenolic OH excluding ortho intramolecular Hbond substituents is 1. The van der Waals surface area contributed by atoms with Crippen LogP contribution in [-0.4, -0.2) is 20.1 Å². The quantitative estimate of drug-likeness (QED) is 0.141. The second-order valence-corrected chi connectivity index (χ2v) is 16.6. The molecule has 4 aromatic carbocycles. The predicted molar refractivity (Wildman–Crippen MR) is 212 cm³/mol. The summed E-state index contributed by atoms with van der Waals surface area (Å²) in [5, 5.41) is 13.8. The Labute approximate surface area is 326 Å². The van der Waals surface area contributed by atoms with Crippen molar-refractivity contribution < 1.29 is 30.6 Å². The van der Waals surface area contributed by atoms with Gasteiger partial charge in [0.25, 0.3) is 0 Å². The van der Waals surface area contributed by atoms with Gasteiger partial charge in [-0.05, 0) is 125 Å². The van der Waals surface area contributed by atoms with Crippen LogP contribution in [0.15, 0.2) is 89.5 Å². The number of hydrogen-bond acceptors (Lipinski definition) is 5. The maximum Gasteiger partial charge on any atom is 0.230 e. The van der Waals surface area contributed by atoms with E-state index in [9.17, 15) is 5.11 Å². The standard InChI is InChI=1S/C47H46N3O2.Pt/c1-29-36-15-17-42-44(50-45(52-42)37-14-13-35(28-41(37)51)46(2,3)4)43(36)38-26-34(12-16-39(38)49-29)40-27-33(20-25-48-40)31-10-8-30(9-11-31)32-18-23-47(24-19-32)21-6-5-7-22-47;/h8-17,20,25,27-28,32,51H,5-7,18-19,21-24H2,1-4H3;/q-1;. The number of aromatic nitrogens is 3. The Morgan fingerprint density at radius 1 is 0.811 bits per heavy atom. The van der Waals surface area contributed by atoms with Gasteiger partial charge in [-0.2, -0.15) is 0 Å². The van der Waals surface area contributed by atoms with Gasteiger partial charge in [0.15, 0.2) is 0 Å². The minimum atomic E-state index is -0.0868. The second kappa shape index (κ2) is 13.8. The molecule has 9 rings (SSSR count). The molecule has 6 heteroatoms. The van der Waals surface area contributed by atoms with Crippen LogP contribution in [0.1, 0.15) is 101 Å². The molecule has 3 aromatic heterocycles. The number of pyridine rings is 2. The second-order valence-electron chi connectivity index (χ2n) is 16.6. The molecular weight excluding hydrogens is 834 g/mol. The van der Waals surface area contributed by atoms with E-state index in [0.29, 0.717) is 28.4 Å². The Bertz CT molecular complexity index is 2460. The number of benzene rings is 4. The topological polar surface area (TPSA) is 72.0 Å². The van der Waals surface area contributed by atoms with Crippen molar-refractivity contribution in [2.75, 3.05) is 0 Å². The summed E-state index contributed by atoms with van der Waals surface area (Å²) in [6.45, 7) is 8.41. The van der Waals surface area contributed by atoms with Crippen LogP contribution < -0.4 is 0 Å². The number of oxazole rings is 1. The summed E-state index contributed by atoms with van der Waals surface area (Å²) in [6.07, 6.45) is 14.6. The fourth-order valence-electron chi connectivity index (χ4n) is 9.07. The Kier molecular flexibility index (Phi) is 9.30. The van der Waals surface area contributed by atoms with E-state index in [1.54, 1.807) is 0 Å². The zero-order chi connectivity index (χ0) is 35.6. The smallest absolute Gasteiger partial charge is 0.230 e. The molecule has 1 N–H and O–H groups in total. The number of hydrogen-bond donors (Lipinski definition) is 1. The first kappa shape index (κ1) is 35.7. The molecule has 0 unspecified atom stereocenters. The summed E-state index contributed by atoms with van der Waals surface area (Å²) in [7, 11) is 0. The molecule has 1 spiro atoms. The molecule has 0 radical (unpaired) electrons. The molecule has 0 atom stereocenters. The maximum absolute atomic E-state index is 11.0. The van der Waals surface area contributed by atoms with Gasteiger partial charge in [0, 0.05) is 38.6 Å². The molecule has 2 saturated carbocycles. The van der Waals surface area contributed by atoms with Crippen LogP contribution in [0.5, 0.6) is 5.75 Å². The van der Waals surface area contributed by atoms with Gasteiger partial charge in [-0.25, -0.2) is 4.98 Å². The molecule has 0 bridgehead atoms. The van der Waals surface area contributed by atoms with Gasteiger partial charge < -0.3 is 9.52 Å². The van der Waals surface area contributed by atoms with Gasteiger partial charge in [0.2, 0.25) is 5.89 Å². The number of nitrogens with zero attached hydrogens (tertiary/aromatic N) is 3. The molecule has 272 valence electrons. The van der Waals surface area contributed by atoms with Crippen molar-refractivity contribution in [3.8, 4) is 39.6 Å². The molecular formula is C47H46N3O2Pt-. The number of rotatable bonds is 4. The van der Waals surface area contributed by atoms with Crippen LogP contribution in [0.3, 0.4) is 0 Å². The Morgan fingerprint density at radius 2 is 1.58 bits per heavy atom. The third-order valence-electron chi connectivity index (χ3n) is 12.2. The van der Waals surface area contributed by atoms with Crippen molar-refractivity contribution in [3.05, 3.63) is 108 Å². The van der Waals surface area contributed by atoms with Crippen LogP contribution in [0.4, 0.5) is 0 Å². The summed E-state index contributed by atoms with van der Waals surface area (Å²) in [5.41, 5.74) is 10.9. The van der Waals surface area contributed by atoms with Crippen LogP contribution in [0.25, 0.3) is 66.6 Å². The molecule has 53 heavy (non-hydrogen) atoms. The maximum atomic E-state index is 11.0. The minimum absolute atomic E-state index is 0. The number of phenols is 1. The van der Waals surface area contributed by atoms with E-state index >= 15 is 0 Å². The van der Waals surface area contributed by atoms with Gasteiger partial charge in [-0.15, -0.1) is 18.2 Å². The first-order chi connectivity index (χ1) is 25.1. The Balaban J connectivity index is 0.00000400. The van der Waals surface area contributed by atoms with E-state index in [1.165, 1.54) is 68.9 Å². The van der Waals surface area contributed by atoms with E-state index < -0.39 is 0 Å². The number of fused-ring (bicyclic) bond motifs is 5. The molecule has 0 saturated heterocycles. The van der Waals surface area contributed by atoms with Crippen LogP contribution in [-0.2, 0) is 26.5 Å². The molecule has 5 nitrogen and oxygen atoms in total. The van der Waals surface area contributed by atoms with Crippen molar-refractivity contribution in [2.45, 2.75) is 96.8 Å². The van der Waals surface area contributed by atoms with E-state index in [-0.39, 0.29) is 32.2 Å². The van der Waals surface area contributed by atoms with E-state index in [2.05, 4.69) is 75.4 Å². The van der Waals surface area contributed by atoms with Crippen LogP contribution in [0, 0.1) is 18.4 Å². The van der Waals surface area contributed by atoms with Crippen molar-refractivity contribution in [1.82, 2.24) is 15.0 Å². The summed E-state index contributed by atoms with van der Waals surface area (Å²) in [5.74, 6) is 1.22. The van der Waals surface area contributed by atoms with Crippen LogP contribution in [0.2, 0.25) is 0 Å². The van der Waals surface area contributed by atoms with E-state index in [0.717, 1.165) is 55.3 Å². The SMILES string of the molecule is Cc1nc2ccc(-c3cc(-c4ccc(C5CCC6(CCCCC6)CC5)cc4)ccn3)[c-]c2c2c1ccc1oc(-c3ccc(C(C)(C)C)cc3O)nc12.[Pt]. The molecule has 0 aliphatic heterocycles. The third kappa shape index (κ3) is 6.60. The van der Waals surface area contributed by atoms with E-state index in [4.69, 9.17) is 19.4 Å². The number of aryl methyl sites for hydroxylation is 1. The Hall–Kier alpha value is -4.34. The van der Waals surface area contributed by atoms with E-state index in [1.807, 2.05) is 43.5 Å². The normalized spacial score (nSPS) is 16.4. The van der Waals surface area contributed by atoms with Gasteiger partial charge in [0.1, 0.15) is 11.3 Å². The minimum Gasteiger partial charge on any atom is -0.507 e. The average molecular weight is 880 g/mol. The fourth-order valence-corrected chi connectivity index (χ4v) is 9.07. The first-order valence-corrected chi connectivity index (χ1v) is 19.1. The van der Waals surface area contributed by atoms with Gasteiger partial charge in [-0.3, -0.25) is 9.97 Å². The van der Waals surface area contributed by atoms with Crippen LogP contribution >= 0.6 is 0 Å². The summed E-state index contributed by atoms with van der Waals surface area (Å²) in [4.78, 5) is 14.7. The molecule has 2 fully saturated rings. The van der Waals surface area contributed by atoms with Crippen molar-refractivity contribution in [3.63, 3.8) is 0 Å².